The topological polar surface area (TPSA) is 135 Å². The van der Waals surface area contributed by atoms with Crippen molar-refractivity contribution in [3.63, 3.8) is 0 Å². The number of fused-ring (bicyclic) bond motifs is 8. The zero-order valence-electron chi connectivity index (χ0n) is 23.4. The number of carbonyl (C=O) groups is 3. The number of amides is 3. The average molecular weight is 582 g/mol. The van der Waals surface area contributed by atoms with Crippen molar-refractivity contribution in [1.82, 2.24) is 25.7 Å². The van der Waals surface area contributed by atoms with Crippen LogP contribution in [0.1, 0.15) is 39.3 Å². The first-order chi connectivity index (χ1) is 21.0. The fraction of sp³-hybridized carbons (Fsp3) is 0.312. The van der Waals surface area contributed by atoms with E-state index in [4.69, 9.17) is 14.2 Å². The molecular formula is C32H31N5O6. The summed E-state index contributed by atoms with van der Waals surface area (Å²) in [5.41, 5.74) is 2.30. The van der Waals surface area contributed by atoms with Crippen LogP contribution in [0.3, 0.4) is 0 Å². The Kier molecular flexibility index (Phi) is 7.06. The van der Waals surface area contributed by atoms with Gasteiger partial charge in [0.25, 0.3) is 17.7 Å². The van der Waals surface area contributed by atoms with Gasteiger partial charge in [-0.1, -0.05) is 30.3 Å². The zero-order chi connectivity index (χ0) is 29.3. The van der Waals surface area contributed by atoms with Gasteiger partial charge >= 0.3 is 0 Å². The molecule has 3 N–H and O–H groups in total. The Hall–Kier alpha value is -5.06. The molecule has 1 saturated carbocycles. The van der Waals surface area contributed by atoms with Gasteiger partial charge in [-0.25, -0.2) is 0 Å². The van der Waals surface area contributed by atoms with Gasteiger partial charge in [0.05, 0.1) is 24.7 Å². The van der Waals surface area contributed by atoms with Gasteiger partial charge < -0.3 is 29.7 Å². The van der Waals surface area contributed by atoms with E-state index in [2.05, 4.69) is 20.8 Å². The van der Waals surface area contributed by atoms with Crippen molar-refractivity contribution in [3.8, 4) is 17.2 Å². The summed E-state index contributed by atoms with van der Waals surface area (Å²) < 4.78 is 18.1. The Bertz CT molecular complexity index is 1680. The second-order valence-electron chi connectivity index (χ2n) is 11.2. The highest BCUT2D eigenvalue weighted by molar-refractivity contribution is 6.04. The van der Waals surface area contributed by atoms with Crippen LogP contribution < -0.4 is 24.8 Å². The Morgan fingerprint density at radius 1 is 1.00 bits per heavy atom. The number of carbonyl (C=O) groups excluding carboxylic acids is 3. The smallest absolute Gasteiger partial charge is 0.275 e. The highest BCUT2D eigenvalue weighted by Crippen LogP contribution is 2.31. The van der Waals surface area contributed by atoms with Gasteiger partial charge in [0.2, 0.25) is 0 Å². The average Bonchev–Trinajstić information content (AvgIpc) is 3.63. The van der Waals surface area contributed by atoms with Crippen LogP contribution in [0.25, 0.3) is 10.9 Å². The third-order valence-corrected chi connectivity index (χ3v) is 7.94. The van der Waals surface area contributed by atoms with Crippen LogP contribution >= 0.6 is 0 Å². The highest BCUT2D eigenvalue weighted by atomic mass is 16.5. The zero-order valence-corrected chi connectivity index (χ0v) is 23.4. The Labute approximate surface area is 247 Å². The fourth-order valence-corrected chi connectivity index (χ4v) is 5.36. The number of nitrogens with one attached hydrogen (secondary N) is 3. The number of hydrogen-bond acceptors (Lipinski definition) is 7. The van der Waals surface area contributed by atoms with E-state index in [1.165, 1.54) is 0 Å². The first-order valence-electron chi connectivity index (χ1n) is 14.4. The molecule has 11 nitrogen and oxygen atoms in total. The number of para-hydroxylation sites is 1. The number of benzene rings is 3. The second kappa shape index (κ2) is 11.3. The van der Waals surface area contributed by atoms with E-state index in [0.717, 1.165) is 29.3 Å². The van der Waals surface area contributed by atoms with Gasteiger partial charge in [-0.05, 0) is 54.7 Å². The molecule has 1 aliphatic carbocycles. The van der Waals surface area contributed by atoms with Gasteiger partial charge in [0.15, 0.2) is 12.3 Å². The molecule has 43 heavy (non-hydrogen) atoms. The normalized spacial score (nSPS) is 20.4. The van der Waals surface area contributed by atoms with Crippen molar-refractivity contribution in [3.05, 3.63) is 83.6 Å². The molecule has 3 amide bonds. The lowest BCUT2D eigenvalue weighted by atomic mass is 10.1. The molecule has 8 rings (SSSR count). The number of H-pyrrole nitrogens is 1. The van der Waals surface area contributed by atoms with Gasteiger partial charge in [-0.15, -0.1) is 0 Å². The molecule has 4 aromatic rings. The van der Waals surface area contributed by atoms with E-state index in [-0.39, 0.29) is 37.4 Å². The number of aromatic nitrogens is 2. The van der Waals surface area contributed by atoms with Crippen molar-refractivity contribution in [2.24, 2.45) is 5.92 Å². The largest absolute Gasteiger partial charge is 0.493 e. The third-order valence-electron chi connectivity index (χ3n) is 7.94. The van der Waals surface area contributed by atoms with Crippen molar-refractivity contribution in [1.29, 1.82) is 0 Å². The summed E-state index contributed by atoms with van der Waals surface area (Å²) in [5.74, 6) is 1.04. The molecule has 11 heteroatoms. The van der Waals surface area contributed by atoms with Gasteiger partial charge in [0, 0.05) is 30.1 Å². The van der Waals surface area contributed by atoms with E-state index in [1.54, 1.807) is 23.1 Å². The number of ether oxygens (including phenoxy) is 3. The number of rotatable bonds is 4. The lowest BCUT2D eigenvalue weighted by Gasteiger charge is -2.21. The minimum atomic E-state index is -0.524. The molecule has 220 valence electrons. The van der Waals surface area contributed by atoms with Crippen LogP contribution in [0.15, 0.2) is 66.7 Å². The monoisotopic (exact) mass is 581 g/mol. The maximum atomic E-state index is 13.7. The molecule has 1 saturated heterocycles. The standard InChI is InChI=1S/C32H31N5O6/c38-29-18-42-24-12-21(11-23(13-24)41-17-20-5-6-20)31(39)34-27-15-37(32(40)30-25-3-1-2-4-26(25)35-36-30)16-28(27)43-22-9-7-19(8-10-22)14-33-29/h1-4,7-13,20,27-28H,5-6,14-18H2,(H,33,38)(H,34,39)(H,35,36)/t27-,28-/m0/s1. The number of hydrogen-bond donors (Lipinski definition) is 3. The highest BCUT2D eigenvalue weighted by Gasteiger charge is 2.39. The van der Waals surface area contributed by atoms with Crippen LogP contribution in [0.2, 0.25) is 0 Å². The predicted octanol–water partition coefficient (Wildman–Crippen LogP) is 3.06. The van der Waals surface area contributed by atoms with Crippen molar-refractivity contribution < 1.29 is 28.6 Å². The number of likely N-dealkylation sites (tertiary alicyclic amines) is 1. The summed E-state index contributed by atoms with van der Waals surface area (Å²) in [6.45, 7) is 1.15. The maximum Gasteiger partial charge on any atom is 0.275 e. The van der Waals surface area contributed by atoms with E-state index in [1.807, 2.05) is 48.5 Å². The molecular weight excluding hydrogens is 550 g/mol. The molecule has 3 aliphatic heterocycles. The summed E-state index contributed by atoms with van der Waals surface area (Å²) >= 11 is 0. The summed E-state index contributed by atoms with van der Waals surface area (Å²) in [6, 6.07) is 19.2. The van der Waals surface area contributed by atoms with E-state index < -0.39 is 12.1 Å². The summed E-state index contributed by atoms with van der Waals surface area (Å²) in [4.78, 5) is 41.4. The minimum absolute atomic E-state index is 0.210. The molecule has 4 bridgehead atoms. The molecule has 4 aliphatic rings. The second-order valence-corrected chi connectivity index (χ2v) is 11.2. The maximum absolute atomic E-state index is 13.7. The van der Waals surface area contributed by atoms with Crippen molar-refractivity contribution >= 4 is 28.6 Å². The Morgan fingerprint density at radius 3 is 2.67 bits per heavy atom. The molecule has 0 spiro atoms. The lowest BCUT2D eigenvalue weighted by molar-refractivity contribution is -0.123. The Morgan fingerprint density at radius 2 is 1.84 bits per heavy atom. The summed E-state index contributed by atoms with van der Waals surface area (Å²) in [7, 11) is 0. The summed E-state index contributed by atoms with van der Waals surface area (Å²) in [5, 5.41) is 13.9. The van der Waals surface area contributed by atoms with E-state index in [0.29, 0.717) is 47.6 Å². The van der Waals surface area contributed by atoms with E-state index >= 15 is 0 Å². The number of nitrogens with zero attached hydrogens (tertiary/aromatic N) is 2. The van der Waals surface area contributed by atoms with E-state index in [9.17, 15) is 14.4 Å². The SMILES string of the molecule is O=C1COc2cc(OCC3CC3)cc(c2)C(=O)N[C@H]2CN(C(=O)c3n[nH]c4ccccc34)C[C@@H]2Oc2ccc(cc2)CN1. The molecule has 4 heterocycles. The molecule has 1 aromatic heterocycles. The van der Waals surface area contributed by atoms with Gasteiger partial charge in [0.1, 0.15) is 23.4 Å². The molecule has 3 aromatic carbocycles. The quantitative estimate of drug-likeness (QED) is 0.337. The Balaban J connectivity index is 1.18. The van der Waals surface area contributed by atoms with Crippen LogP contribution in [-0.2, 0) is 11.3 Å². The first-order valence-corrected chi connectivity index (χ1v) is 14.4. The number of aromatic amines is 1. The van der Waals surface area contributed by atoms with Crippen molar-refractivity contribution in [2.45, 2.75) is 31.5 Å². The molecule has 0 radical (unpaired) electrons. The van der Waals surface area contributed by atoms with Crippen LogP contribution in [0, 0.1) is 5.92 Å². The summed E-state index contributed by atoms with van der Waals surface area (Å²) in [6.07, 6.45) is 1.72. The van der Waals surface area contributed by atoms with Gasteiger partial charge in [-0.2, -0.15) is 5.10 Å². The third kappa shape index (κ3) is 5.97. The minimum Gasteiger partial charge on any atom is -0.493 e. The molecule has 2 fully saturated rings. The van der Waals surface area contributed by atoms with Crippen LogP contribution in [0.5, 0.6) is 17.2 Å². The van der Waals surface area contributed by atoms with Gasteiger partial charge in [-0.3, -0.25) is 19.5 Å². The predicted molar refractivity (Wildman–Crippen MR) is 156 cm³/mol. The van der Waals surface area contributed by atoms with Crippen LogP contribution in [0.4, 0.5) is 0 Å². The lowest BCUT2D eigenvalue weighted by Crippen LogP contribution is -2.45. The fourth-order valence-electron chi connectivity index (χ4n) is 5.36. The van der Waals surface area contributed by atoms with Crippen molar-refractivity contribution in [2.75, 3.05) is 26.3 Å². The first kappa shape index (κ1) is 26.8. The molecule has 0 unspecified atom stereocenters. The van der Waals surface area contributed by atoms with Crippen LogP contribution in [-0.4, -0.2) is 71.3 Å². The molecule has 2 atom stereocenters.